The van der Waals surface area contributed by atoms with E-state index in [2.05, 4.69) is 23.7 Å². The number of rotatable bonds is 4. The fourth-order valence-electron chi connectivity index (χ4n) is 3.03. The van der Waals surface area contributed by atoms with Gasteiger partial charge < -0.3 is 14.7 Å². The van der Waals surface area contributed by atoms with Gasteiger partial charge in [-0.05, 0) is 38.8 Å². The highest BCUT2D eigenvalue weighted by molar-refractivity contribution is 5.93. The molecule has 3 rings (SSSR count). The molecule has 0 unspecified atom stereocenters. The third-order valence-electron chi connectivity index (χ3n) is 4.39. The van der Waals surface area contributed by atoms with Gasteiger partial charge in [0.1, 0.15) is 6.10 Å². The molecule has 2 heterocycles. The van der Waals surface area contributed by atoms with Crippen LogP contribution in [0.2, 0.25) is 0 Å². The van der Waals surface area contributed by atoms with E-state index in [0.29, 0.717) is 17.3 Å². The first-order valence-corrected chi connectivity index (χ1v) is 8.08. The Bertz CT molecular complexity index is 706. The maximum absolute atomic E-state index is 11.5. The summed E-state index contributed by atoms with van der Waals surface area (Å²) < 4.78 is 6.01. The molecule has 122 valence electrons. The number of fused-ring (bicyclic) bond motifs is 1. The van der Waals surface area contributed by atoms with E-state index >= 15 is 0 Å². The fraction of sp³-hybridized carbons (Fsp3) is 0.444. The van der Waals surface area contributed by atoms with Crippen molar-refractivity contribution in [2.24, 2.45) is 0 Å². The molecule has 1 fully saturated rings. The van der Waals surface area contributed by atoms with Gasteiger partial charge in [0, 0.05) is 24.5 Å². The number of hydrogen-bond donors (Lipinski definition) is 1. The van der Waals surface area contributed by atoms with Crippen LogP contribution in [0, 0.1) is 0 Å². The summed E-state index contributed by atoms with van der Waals surface area (Å²) in [5.74, 6) is -0.676. The van der Waals surface area contributed by atoms with Crippen molar-refractivity contribution in [3.8, 4) is 5.75 Å². The molecule has 0 atom stereocenters. The molecule has 5 nitrogen and oxygen atoms in total. The lowest BCUT2D eigenvalue weighted by atomic mass is 10.1. The van der Waals surface area contributed by atoms with E-state index in [1.54, 1.807) is 6.07 Å². The number of carboxylic acids is 1. The molecule has 1 aliphatic rings. The Balaban J connectivity index is 1.82. The predicted molar refractivity (Wildman–Crippen MR) is 89.1 cm³/mol. The molecule has 0 radical (unpaired) electrons. The normalized spacial score (nSPS) is 16.8. The third-order valence-corrected chi connectivity index (χ3v) is 4.39. The minimum absolute atomic E-state index is 0.00464. The van der Waals surface area contributed by atoms with Gasteiger partial charge in [-0.2, -0.15) is 0 Å². The lowest BCUT2D eigenvalue weighted by molar-refractivity contribution is 0.0659. The Labute approximate surface area is 135 Å². The molecule has 0 spiro atoms. The summed E-state index contributed by atoms with van der Waals surface area (Å²) in [6, 6.07) is 9.82. The van der Waals surface area contributed by atoms with E-state index in [1.807, 2.05) is 24.3 Å². The van der Waals surface area contributed by atoms with Crippen molar-refractivity contribution in [1.82, 2.24) is 9.88 Å². The molecule has 2 aromatic rings. The summed E-state index contributed by atoms with van der Waals surface area (Å²) in [5.41, 5.74) is 0.668. The number of pyridine rings is 1. The maximum Gasteiger partial charge on any atom is 0.358 e. The lowest BCUT2D eigenvalue weighted by Crippen LogP contribution is -2.41. The predicted octanol–water partition coefficient (Wildman–Crippen LogP) is 3.18. The smallest absolute Gasteiger partial charge is 0.358 e. The van der Waals surface area contributed by atoms with Crippen molar-refractivity contribution < 1.29 is 14.6 Å². The van der Waals surface area contributed by atoms with E-state index in [9.17, 15) is 9.90 Å². The number of hydrogen-bond acceptors (Lipinski definition) is 4. The number of piperidine rings is 1. The summed E-state index contributed by atoms with van der Waals surface area (Å²) in [6.45, 7) is 6.34. The van der Waals surface area contributed by atoms with Crippen molar-refractivity contribution in [2.45, 2.75) is 38.8 Å². The first kappa shape index (κ1) is 15.7. The Morgan fingerprint density at radius 2 is 2.00 bits per heavy atom. The largest absolute Gasteiger partial charge is 0.488 e. The molecule has 0 aliphatic carbocycles. The summed E-state index contributed by atoms with van der Waals surface area (Å²) in [5, 5.41) is 10.3. The van der Waals surface area contributed by atoms with Gasteiger partial charge in [0.15, 0.2) is 11.4 Å². The number of benzene rings is 1. The van der Waals surface area contributed by atoms with Crippen LogP contribution in [0.15, 0.2) is 30.3 Å². The second kappa shape index (κ2) is 6.54. The quantitative estimate of drug-likeness (QED) is 0.939. The number of carboxylic acid groups (broad SMARTS) is 1. The molecule has 1 aromatic carbocycles. The van der Waals surface area contributed by atoms with Crippen molar-refractivity contribution in [2.75, 3.05) is 13.1 Å². The minimum atomic E-state index is -1.05. The van der Waals surface area contributed by atoms with Crippen LogP contribution in [-0.4, -0.2) is 46.2 Å². The van der Waals surface area contributed by atoms with Crippen molar-refractivity contribution in [1.29, 1.82) is 0 Å². The second-order valence-corrected chi connectivity index (χ2v) is 6.28. The molecular formula is C18H22N2O3. The van der Waals surface area contributed by atoms with Gasteiger partial charge >= 0.3 is 5.97 Å². The number of para-hydroxylation sites is 1. The average Bonchev–Trinajstić information content (AvgIpc) is 2.54. The van der Waals surface area contributed by atoms with Crippen LogP contribution in [0.5, 0.6) is 5.75 Å². The Kier molecular flexibility index (Phi) is 4.48. The maximum atomic E-state index is 11.5. The topological polar surface area (TPSA) is 62.7 Å². The number of likely N-dealkylation sites (tertiary alicyclic amines) is 1. The second-order valence-electron chi connectivity index (χ2n) is 6.28. The Hall–Kier alpha value is -2.14. The van der Waals surface area contributed by atoms with Gasteiger partial charge in [-0.3, -0.25) is 0 Å². The molecule has 1 aliphatic heterocycles. The first-order valence-electron chi connectivity index (χ1n) is 8.08. The zero-order valence-corrected chi connectivity index (χ0v) is 13.5. The van der Waals surface area contributed by atoms with E-state index in [1.165, 1.54) is 0 Å². The van der Waals surface area contributed by atoms with Gasteiger partial charge in [-0.25, -0.2) is 9.78 Å². The van der Waals surface area contributed by atoms with Crippen LogP contribution in [0.3, 0.4) is 0 Å². The van der Waals surface area contributed by atoms with Crippen LogP contribution < -0.4 is 4.74 Å². The van der Waals surface area contributed by atoms with Crippen molar-refractivity contribution in [3.63, 3.8) is 0 Å². The molecular weight excluding hydrogens is 292 g/mol. The van der Waals surface area contributed by atoms with Gasteiger partial charge in [-0.1, -0.05) is 18.2 Å². The Morgan fingerprint density at radius 3 is 2.65 bits per heavy atom. The molecule has 1 N–H and O–H groups in total. The van der Waals surface area contributed by atoms with E-state index in [0.717, 1.165) is 31.3 Å². The minimum Gasteiger partial charge on any atom is -0.488 e. The molecule has 1 saturated heterocycles. The average molecular weight is 314 g/mol. The zero-order chi connectivity index (χ0) is 16.4. The van der Waals surface area contributed by atoms with E-state index in [-0.39, 0.29) is 11.8 Å². The van der Waals surface area contributed by atoms with Crippen LogP contribution in [0.1, 0.15) is 37.2 Å². The van der Waals surface area contributed by atoms with E-state index < -0.39 is 5.97 Å². The third kappa shape index (κ3) is 3.45. The van der Waals surface area contributed by atoms with Crippen molar-refractivity contribution in [3.05, 3.63) is 36.0 Å². The molecule has 0 bridgehead atoms. The standard InChI is InChI=1S/C18H22N2O3/c1-12(2)20-9-7-14(8-10-20)23-16-11-13-5-3-4-6-15(13)19-17(16)18(21)22/h3-6,11-12,14H,7-10H2,1-2H3,(H,21,22). The van der Waals surface area contributed by atoms with Crippen LogP contribution in [-0.2, 0) is 0 Å². The number of carbonyl (C=O) groups is 1. The van der Waals surface area contributed by atoms with Crippen LogP contribution in [0.4, 0.5) is 0 Å². The summed E-state index contributed by atoms with van der Waals surface area (Å²) in [4.78, 5) is 18.2. The van der Waals surface area contributed by atoms with Crippen LogP contribution >= 0.6 is 0 Å². The fourth-order valence-corrected chi connectivity index (χ4v) is 3.03. The lowest BCUT2D eigenvalue weighted by Gasteiger charge is -2.34. The highest BCUT2D eigenvalue weighted by Gasteiger charge is 2.24. The number of nitrogens with zero attached hydrogens (tertiary/aromatic N) is 2. The number of ether oxygens (including phenoxy) is 1. The van der Waals surface area contributed by atoms with Crippen LogP contribution in [0.25, 0.3) is 10.9 Å². The highest BCUT2D eigenvalue weighted by Crippen LogP contribution is 2.26. The number of aromatic nitrogens is 1. The van der Waals surface area contributed by atoms with E-state index in [4.69, 9.17) is 4.74 Å². The monoisotopic (exact) mass is 314 g/mol. The molecule has 23 heavy (non-hydrogen) atoms. The van der Waals surface area contributed by atoms with Gasteiger partial charge in [0.2, 0.25) is 0 Å². The van der Waals surface area contributed by atoms with Gasteiger partial charge in [0.05, 0.1) is 5.52 Å². The van der Waals surface area contributed by atoms with Crippen molar-refractivity contribution >= 4 is 16.9 Å². The molecule has 0 saturated carbocycles. The summed E-state index contributed by atoms with van der Waals surface area (Å²) in [7, 11) is 0. The van der Waals surface area contributed by atoms with Gasteiger partial charge in [0.25, 0.3) is 0 Å². The number of aromatic carboxylic acids is 1. The SMILES string of the molecule is CC(C)N1CCC(Oc2cc3ccccc3nc2C(=O)O)CC1. The first-order chi connectivity index (χ1) is 11.0. The molecule has 5 heteroatoms. The zero-order valence-electron chi connectivity index (χ0n) is 13.5. The summed E-state index contributed by atoms with van der Waals surface area (Å²) >= 11 is 0. The Morgan fingerprint density at radius 1 is 1.30 bits per heavy atom. The van der Waals surface area contributed by atoms with Gasteiger partial charge in [-0.15, -0.1) is 0 Å². The molecule has 1 aromatic heterocycles. The molecule has 0 amide bonds. The summed E-state index contributed by atoms with van der Waals surface area (Å²) in [6.07, 6.45) is 1.86. The highest BCUT2D eigenvalue weighted by atomic mass is 16.5.